The number of rotatable bonds is 7. The Hall–Kier alpha value is -3.79. The molecule has 1 amide bonds. The lowest BCUT2D eigenvalue weighted by Gasteiger charge is -2.29. The molecule has 10 heteroatoms. The minimum Gasteiger partial charge on any atom is -0.375 e. The van der Waals surface area contributed by atoms with Gasteiger partial charge in [-0.05, 0) is 73.7 Å². The van der Waals surface area contributed by atoms with Crippen LogP contribution in [0.25, 0.3) is 5.69 Å². The lowest BCUT2D eigenvalue weighted by atomic mass is 10.0. The van der Waals surface area contributed by atoms with Gasteiger partial charge in [-0.15, -0.1) is 0 Å². The maximum Gasteiger partial charge on any atom is 0.250 e. The number of methoxy groups -OCH3 is 1. The van der Waals surface area contributed by atoms with Crippen LogP contribution in [0, 0.1) is 6.92 Å². The topological polar surface area (TPSA) is 84.3 Å². The van der Waals surface area contributed by atoms with Crippen molar-refractivity contribution in [1.29, 1.82) is 0 Å². The van der Waals surface area contributed by atoms with E-state index in [9.17, 15) is 4.79 Å². The SMILES string of the molecule is COCC(=O)Nc1ccc(N2C(=S)N[C@@H](c3ccccn3)[C@@H]2c2ccc(C)n2-c2cccnc2)cc1Cl. The molecule has 1 aromatic carbocycles. The monoisotopic (exact) mass is 532 g/mol. The van der Waals surface area contributed by atoms with E-state index in [-0.39, 0.29) is 24.6 Å². The summed E-state index contributed by atoms with van der Waals surface area (Å²) < 4.78 is 7.08. The Bertz CT molecular complexity index is 1430. The summed E-state index contributed by atoms with van der Waals surface area (Å²) in [6.45, 7) is 2.00. The number of anilines is 2. The van der Waals surface area contributed by atoms with Crippen molar-refractivity contribution in [1.82, 2.24) is 19.9 Å². The molecular formula is C27H25ClN6O2S. The Morgan fingerprint density at radius 1 is 1.14 bits per heavy atom. The second-order valence-corrected chi connectivity index (χ2v) is 9.38. The molecule has 5 rings (SSSR count). The molecular weight excluding hydrogens is 508 g/mol. The Kier molecular flexibility index (Phi) is 7.18. The summed E-state index contributed by atoms with van der Waals surface area (Å²) in [5, 5.41) is 7.18. The van der Waals surface area contributed by atoms with Gasteiger partial charge in [-0.25, -0.2) is 0 Å². The van der Waals surface area contributed by atoms with Gasteiger partial charge < -0.3 is 24.8 Å². The van der Waals surface area contributed by atoms with Crippen LogP contribution in [0.15, 0.2) is 79.3 Å². The fourth-order valence-electron chi connectivity index (χ4n) is 4.63. The molecule has 0 aliphatic carbocycles. The van der Waals surface area contributed by atoms with E-state index in [0.717, 1.165) is 28.5 Å². The van der Waals surface area contributed by atoms with Crippen LogP contribution < -0.4 is 15.5 Å². The molecule has 37 heavy (non-hydrogen) atoms. The van der Waals surface area contributed by atoms with Crippen LogP contribution in [0.3, 0.4) is 0 Å². The van der Waals surface area contributed by atoms with E-state index < -0.39 is 0 Å². The molecule has 0 spiro atoms. The molecule has 0 unspecified atom stereocenters. The Labute approximate surface area is 225 Å². The molecule has 1 aliphatic heterocycles. The predicted octanol–water partition coefficient (Wildman–Crippen LogP) is 4.99. The Morgan fingerprint density at radius 2 is 2.00 bits per heavy atom. The molecule has 1 aliphatic rings. The lowest BCUT2D eigenvalue weighted by molar-refractivity contribution is -0.119. The molecule has 4 aromatic rings. The molecule has 1 fully saturated rings. The maximum absolute atomic E-state index is 12.0. The first-order chi connectivity index (χ1) is 18.0. The van der Waals surface area contributed by atoms with E-state index in [1.54, 1.807) is 24.5 Å². The Morgan fingerprint density at radius 3 is 2.70 bits per heavy atom. The second kappa shape index (κ2) is 10.7. The molecule has 0 radical (unpaired) electrons. The normalized spacial score (nSPS) is 17.1. The number of benzene rings is 1. The van der Waals surface area contributed by atoms with Gasteiger partial charge >= 0.3 is 0 Å². The fourth-order valence-corrected chi connectivity index (χ4v) is 5.20. The third kappa shape index (κ3) is 4.93. The zero-order valence-corrected chi connectivity index (χ0v) is 21.8. The molecule has 1 saturated heterocycles. The number of carbonyl (C=O) groups is 1. The number of ether oxygens (including phenoxy) is 1. The van der Waals surface area contributed by atoms with Crippen LogP contribution in [0.5, 0.6) is 0 Å². The molecule has 3 aromatic heterocycles. The van der Waals surface area contributed by atoms with E-state index >= 15 is 0 Å². The first kappa shape index (κ1) is 24.9. The highest BCUT2D eigenvalue weighted by atomic mass is 35.5. The fraction of sp³-hybridized carbons (Fsp3) is 0.185. The minimum atomic E-state index is -0.284. The van der Waals surface area contributed by atoms with Crippen molar-refractivity contribution in [3.63, 3.8) is 0 Å². The van der Waals surface area contributed by atoms with Crippen molar-refractivity contribution in [2.75, 3.05) is 23.9 Å². The predicted molar refractivity (Wildman–Crippen MR) is 148 cm³/mol. The van der Waals surface area contributed by atoms with Gasteiger partial charge in [0.05, 0.1) is 34.3 Å². The van der Waals surface area contributed by atoms with Crippen molar-refractivity contribution >= 4 is 46.2 Å². The van der Waals surface area contributed by atoms with Gasteiger partial charge in [0, 0.05) is 36.6 Å². The van der Waals surface area contributed by atoms with Crippen molar-refractivity contribution < 1.29 is 9.53 Å². The van der Waals surface area contributed by atoms with Gasteiger partial charge in [-0.2, -0.15) is 0 Å². The van der Waals surface area contributed by atoms with Crippen LogP contribution in [-0.2, 0) is 9.53 Å². The molecule has 0 bridgehead atoms. The van der Waals surface area contributed by atoms with Crippen LogP contribution in [0.1, 0.15) is 29.2 Å². The summed E-state index contributed by atoms with van der Waals surface area (Å²) in [6.07, 6.45) is 5.37. The smallest absolute Gasteiger partial charge is 0.250 e. The largest absolute Gasteiger partial charge is 0.375 e. The average Bonchev–Trinajstić information content (AvgIpc) is 3.45. The highest BCUT2D eigenvalue weighted by Crippen LogP contribution is 2.43. The summed E-state index contributed by atoms with van der Waals surface area (Å²) in [5.41, 5.74) is 5.18. The first-order valence-corrected chi connectivity index (χ1v) is 12.4. The second-order valence-electron chi connectivity index (χ2n) is 8.59. The summed E-state index contributed by atoms with van der Waals surface area (Å²) in [4.78, 5) is 23.0. The lowest BCUT2D eigenvalue weighted by Crippen LogP contribution is -2.30. The molecule has 4 heterocycles. The van der Waals surface area contributed by atoms with Crippen molar-refractivity contribution in [3.05, 3.63) is 101 Å². The van der Waals surface area contributed by atoms with Gasteiger partial charge in [0.15, 0.2) is 5.11 Å². The standard InChI is InChI=1S/C27H25ClN6O2S/c1-17-8-11-23(33(17)19-6-5-12-29-15-19)26-25(22-7-3-4-13-30-22)32-27(37)34(26)18-9-10-21(20(28)14-18)31-24(35)16-36-2/h3-15,25-26H,16H2,1-2H3,(H,31,35)(H,32,37)/t25-,26-/m0/s1. The zero-order chi connectivity index (χ0) is 25.9. The number of thiocarbonyl (C=S) groups is 1. The summed E-state index contributed by atoms with van der Waals surface area (Å²) >= 11 is 12.5. The number of nitrogens with zero attached hydrogens (tertiary/aromatic N) is 4. The van der Waals surface area contributed by atoms with E-state index in [1.165, 1.54) is 7.11 Å². The molecule has 2 atom stereocenters. The first-order valence-electron chi connectivity index (χ1n) is 11.7. The third-order valence-electron chi connectivity index (χ3n) is 6.19. The molecule has 2 N–H and O–H groups in total. The van der Waals surface area contributed by atoms with Gasteiger partial charge in [0.25, 0.3) is 0 Å². The van der Waals surface area contributed by atoms with Gasteiger partial charge in [0.2, 0.25) is 5.91 Å². The molecule has 0 saturated carbocycles. The van der Waals surface area contributed by atoms with E-state index in [0.29, 0.717) is 15.8 Å². The number of aryl methyl sites for hydroxylation is 1. The summed E-state index contributed by atoms with van der Waals surface area (Å²) in [6, 6.07) is 19.0. The number of pyridine rings is 2. The molecule has 188 valence electrons. The summed E-state index contributed by atoms with van der Waals surface area (Å²) in [7, 11) is 1.47. The highest BCUT2D eigenvalue weighted by Gasteiger charge is 2.42. The number of hydrogen-bond donors (Lipinski definition) is 2. The quantitative estimate of drug-likeness (QED) is 0.324. The zero-order valence-electron chi connectivity index (χ0n) is 20.3. The molecule has 8 nitrogen and oxygen atoms in total. The van der Waals surface area contributed by atoms with E-state index in [1.807, 2.05) is 47.5 Å². The van der Waals surface area contributed by atoms with Gasteiger partial charge in [0.1, 0.15) is 12.6 Å². The number of carbonyl (C=O) groups excluding carboxylic acids is 1. The van der Waals surface area contributed by atoms with Crippen LogP contribution in [0.4, 0.5) is 11.4 Å². The van der Waals surface area contributed by atoms with Crippen LogP contribution in [0.2, 0.25) is 5.02 Å². The van der Waals surface area contributed by atoms with Crippen LogP contribution in [-0.4, -0.2) is 39.3 Å². The Balaban J connectivity index is 1.61. The van der Waals surface area contributed by atoms with E-state index in [4.69, 9.17) is 28.6 Å². The average molecular weight is 533 g/mol. The van der Waals surface area contributed by atoms with Gasteiger partial charge in [-0.1, -0.05) is 17.7 Å². The summed E-state index contributed by atoms with van der Waals surface area (Å²) in [5.74, 6) is -0.284. The number of hydrogen-bond acceptors (Lipinski definition) is 5. The van der Waals surface area contributed by atoms with Crippen molar-refractivity contribution in [2.24, 2.45) is 0 Å². The number of aromatic nitrogens is 3. The third-order valence-corrected chi connectivity index (χ3v) is 6.82. The van der Waals surface area contributed by atoms with E-state index in [2.05, 4.69) is 44.2 Å². The minimum absolute atomic E-state index is 0.0588. The highest BCUT2D eigenvalue weighted by molar-refractivity contribution is 7.80. The maximum atomic E-state index is 12.0. The van der Waals surface area contributed by atoms with Crippen LogP contribution >= 0.6 is 23.8 Å². The number of nitrogens with one attached hydrogen (secondary N) is 2. The van der Waals surface area contributed by atoms with Crippen molar-refractivity contribution in [3.8, 4) is 5.69 Å². The van der Waals surface area contributed by atoms with Crippen molar-refractivity contribution in [2.45, 2.75) is 19.0 Å². The number of halogens is 1. The number of amides is 1. The van der Waals surface area contributed by atoms with Gasteiger partial charge in [-0.3, -0.25) is 14.8 Å².